The molecule has 0 saturated heterocycles. The number of aliphatic carboxylic acids is 1. The molecule has 4 aromatic rings. The lowest BCUT2D eigenvalue weighted by molar-refractivity contribution is -0.142. The van der Waals surface area contributed by atoms with Crippen LogP contribution in [0.25, 0.3) is 0 Å². The van der Waals surface area contributed by atoms with Gasteiger partial charge in [-0.2, -0.15) is 0 Å². The molecule has 0 unspecified atom stereocenters. The Labute approximate surface area is 533 Å². The average molecular weight is 1280 g/mol. The molecule has 0 aliphatic heterocycles. The van der Waals surface area contributed by atoms with Gasteiger partial charge in [0.1, 0.15) is 60.1 Å². The molecule has 28 heteroatoms. The van der Waals surface area contributed by atoms with Crippen LogP contribution in [0.3, 0.4) is 0 Å². The summed E-state index contributed by atoms with van der Waals surface area (Å²) in [6, 6.07) is 16.8. The number of carbonyl (C=O) groups excluding carboxylic acids is 11. The largest absolute Gasteiger partial charge is 0.508 e. The Bertz CT molecular complexity index is 3110. The zero-order valence-corrected chi connectivity index (χ0v) is 51.8. The number of amides is 11. The Morgan fingerprint density at radius 2 is 0.793 bits per heavy atom. The van der Waals surface area contributed by atoms with E-state index in [4.69, 9.17) is 22.9 Å². The first-order valence-corrected chi connectivity index (χ1v) is 30.3. The van der Waals surface area contributed by atoms with Gasteiger partial charge in [-0.3, -0.25) is 52.7 Å². The zero-order valence-electron chi connectivity index (χ0n) is 51.8. The molecule has 0 fully saturated rings. The Kier molecular flexibility index (Phi) is 31.4. The van der Waals surface area contributed by atoms with E-state index in [2.05, 4.69) is 47.9 Å². The molecular formula is C64H87N13O15. The van der Waals surface area contributed by atoms with Crippen molar-refractivity contribution in [1.82, 2.24) is 47.9 Å². The molecule has 4 aromatic carbocycles. The number of hydrogen-bond donors (Lipinski definition) is 16. The molecule has 0 spiro atoms. The van der Waals surface area contributed by atoms with Gasteiger partial charge in [-0.25, -0.2) is 4.79 Å². The number of aromatic hydroxyl groups is 1. The number of rotatable bonds is 40. The van der Waals surface area contributed by atoms with Crippen LogP contribution in [0.4, 0.5) is 0 Å². The van der Waals surface area contributed by atoms with Gasteiger partial charge < -0.3 is 86.1 Å². The second-order valence-corrected chi connectivity index (χ2v) is 22.4. The number of hydrogen-bond acceptors (Lipinski definition) is 16. The van der Waals surface area contributed by atoms with E-state index in [1.54, 1.807) is 105 Å². The van der Waals surface area contributed by atoms with Crippen LogP contribution in [0, 0.1) is 5.92 Å². The molecule has 11 amide bonds. The van der Waals surface area contributed by atoms with Gasteiger partial charge in [0, 0.05) is 38.5 Å². The van der Waals surface area contributed by atoms with E-state index >= 15 is 0 Å². The highest BCUT2D eigenvalue weighted by atomic mass is 16.4. The summed E-state index contributed by atoms with van der Waals surface area (Å²) in [5, 5.41) is 53.7. The minimum atomic E-state index is -1.81. The Balaban J connectivity index is 1.55. The van der Waals surface area contributed by atoms with Crippen LogP contribution in [-0.2, 0) is 83.2 Å². The van der Waals surface area contributed by atoms with Crippen molar-refractivity contribution in [3.8, 4) is 5.75 Å². The summed E-state index contributed by atoms with van der Waals surface area (Å²) < 4.78 is 0. The summed E-state index contributed by atoms with van der Waals surface area (Å²) in [4.78, 5) is 162. The fraction of sp³-hybridized carbons (Fsp3) is 0.438. The number of carbonyl (C=O) groups is 12. The number of aliphatic hydroxyl groups is 1. The molecule has 28 nitrogen and oxygen atoms in total. The van der Waals surface area contributed by atoms with Crippen molar-refractivity contribution >= 4 is 70.9 Å². The van der Waals surface area contributed by atoms with Crippen molar-refractivity contribution in [3.63, 3.8) is 0 Å². The number of nitrogens with one attached hydrogen (secondary N) is 9. The van der Waals surface area contributed by atoms with Gasteiger partial charge in [0.05, 0.1) is 12.6 Å². The predicted octanol–water partition coefficient (Wildman–Crippen LogP) is -1.84. The van der Waals surface area contributed by atoms with Crippen molar-refractivity contribution in [3.05, 3.63) is 138 Å². The van der Waals surface area contributed by atoms with Crippen molar-refractivity contribution < 1.29 is 72.9 Å². The van der Waals surface area contributed by atoms with Crippen molar-refractivity contribution in [2.24, 2.45) is 28.9 Å². The third-order valence-electron chi connectivity index (χ3n) is 15.0. The number of primary amides is 2. The van der Waals surface area contributed by atoms with Crippen LogP contribution in [0.2, 0.25) is 0 Å². The first-order chi connectivity index (χ1) is 43.8. The second kappa shape index (κ2) is 38.7. The van der Waals surface area contributed by atoms with E-state index in [9.17, 15) is 72.9 Å². The van der Waals surface area contributed by atoms with Crippen LogP contribution in [-0.4, -0.2) is 160 Å². The molecule has 0 aliphatic rings. The number of benzene rings is 4. The third-order valence-corrected chi connectivity index (χ3v) is 15.0. The standard InChI is InChI=1S/C64H87N13O15/c1-4-37(2)54(77-62(89)51(36-78)76-58(85)46(28-30-53(68)81)71-60(87)48(32-39-16-8-5-9-17-39)72-56(83)44(66)27-29-52(67)80)63(90)74-47(34-42-23-25-43(79)26-24-42)59(86)69-38(3)55(82)70-45(22-14-15-31-65)57(84)73-49(33-40-18-10-6-11-19-40)61(88)75-50(64(91)92)35-41-20-12-7-13-21-41/h5-13,16-21,23-26,37-38,44-51,54,78-79H,4,14-15,22,27-36,65-66H2,1-3H3,(H2,67,80)(H2,68,81)(H,69,86)(H,70,82)(H,71,87)(H,72,83)(H,73,84)(H,74,90)(H,75,88)(H,76,85)(H,77,89)(H,91,92)/t37-,38-,44-,45-,46-,47-,48-,49-,50-,51-,54-/m0/s1. The second-order valence-electron chi connectivity index (χ2n) is 22.4. The number of aliphatic hydroxyl groups excluding tert-OH is 1. The van der Waals surface area contributed by atoms with E-state index in [1.165, 1.54) is 31.2 Å². The highest BCUT2D eigenvalue weighted by Crippen LogP contribution is 2.16. The maximum absolute atomic E-state index is 14.5. The van der Waals surface area contributed by atoms with Crippen LogP contribution in [0.1, 0.15) is 94.4 Å². The molecule has 0 aromatic heterocycles. The fourth-order valence-electron chi connectivity index (χ4n) is 9.45. The summed E-state index contributed by atoms with van der Waals surface area (Å²) in [6.07, 6.45) is -0.720. The van der Waals surface area contributed by atoms with Crippen LogP contribution < -0.4 is 70.8 Å². The SMILES string of the molecule is CC[C@H](C)[C@H](NC(=O)[C@H](CO)NC(=O)[C@H](CCC(N)=O)NC(=O)[C@H](Cc1ccccc1)NC(=O)[C@@H](N)CCC(N)=O)C(=O)N[C@@H](Cc1ccc(O)cc1)C(=O)N[C@@H](C)C(=O)N[C@@H](CCCCN)C(=O)N[C@@H](Cc1ccccc1)C(=O)N[C@@H](Cc1ccccc1)C(=O)O. The lowest BCUT2D eigenvalue weighted by atomic mass is 9.96. The van der Waals surface area contributed by atoms with Gasteiger partial charge in [-0.05, 0) is 85.9 Å². The number of nitrogens with two attached hydrogens (primary N) is 4. The van der Waals surface area contributed by atoms with Crippen LogP contribution >= 0.6 is 0 Å². The van der Waals surface area contributed by atoms with E-state index in [1.807, 2.05) is 0 Å². The monoisotopic (exact) mass is 1280 g/mol. The molecule has 92 heavy (non-hydrogen) atoms. The van der Waals surface area contributed by atoms with E-state index in [-0.39, 0.29) is 63.7 Å². The summed E-state index contributed by atoms with van der Waals surface area (Å²) in [5.41, 5.74) is 24.7. The van der Waals surface area contributed by atoms with Gasteiger partial charge in [0.2, 0.25) is 65.0 Å². The molecule has 0 aliphatic carbocycles. The Morgan fingerprint density at radius 3 is 1.25 bits per heavy atom. The van der Waals surface area contributed by atoms with Crippen molar-refractivity contribution in [2.45, 2.75) is 158 Å². The quantitative estimate of drug-likeness (QED) is 0.0218. The summed E-state index contributed by atoms with van der Waals surface area (Å²) in [5.74, 6) is -12.0. The fourth-order valence-corrected chi connectivity index (χ4v) is 9.45. The minimum absolute atomic E-state index is 0.0194. The van der Waals surface area contributed by atoms with E-state index < -0.39 is 157 Å². The van der Waals surface area contributed by atoms with Gasteiger partial charge in [-0.15, -0.1) is 0 Å². The van der Waals surface area contributed by atoms with Crippen LogP contribution in [0.5, 0.6) is 5.75 Å². The topological polar surface area (TPSA) is 478 Å². The summed E-state index contributed by atoms with van der Waals surface area (Å²) in [6.45, 7) is 3.78. The summed E-state index contributed by atoms with van der Waals surface area (Å²) >= 11 is 0. The highest BCUT2D eigenvalue weighted by molar-refractivity contribution is 5.99. The molecule has 0 saturated carbocycles. The zero-order chi connectivity index (χ0) is 67.9. The van der Waals surface area contributed by atoms with E-state index in [0.29, 0.717) is 35.1 Å². The number of unbranched alkanes of at least 4 members (excludes halogenated alkanes) is 1. The van der Waals surface area contributed by atoms with Gasteiger partial charge in [0.25, 0.3) is 0 Å². The Morgan fingerprint density at radius 1 is 0.424 bits per heavy atom. The molecular weight excluding hydrogens is 1190 g/mol. The maximum atomic E-state index is 14.5. The minimum Gasteiger partial charge on any atom is -0.508 e. The van der Waals surface area contributed by atoms with Crippen molar-refractivity contribution in [1.29, 1.82) is 0 Å². The van der Waals surface area contributed by atoms with Gasteiger partial charge in [0.15, 0.2) is 0 Å². The van der Waals surface area contributed by atoms with Crippen molar-refractivity contribution in [2.75, 3.05) is 13.2 Å². The highest BCUT2D eigenvalue weighted by Gasteiger charge is 2.37. The molecule has 20 N–H and O–H groups in total. The normalized spacial score (nSPS) is 14.6. The number of phenols is 1. The molecule has 0 radical (unpaired) electrons. The molecule has 11 atom stereocenters. The first-order valence-electron chi connectivity index (χ1n) is 30.3. The number of carboxylic acids is 1. The average Bonchev–Trinajstić information content (AvgIpc) is 1.54. The lowest BCUT2D eigenvalue weighted by Gasteiger charge is -2.29. The third kappa shape index (κ3) is 26.0. The number of phenolic OH excluding ortho intramolecular Hbond substituents is 1. The van der Waals surface area contributed by atoms with E-state index in [0.717, 1.165) is 0 Å². The Hall–Kier alpha value is -9.80. The lowest BCUT2D eigenvalue weighted by Crippen LogP contribution is -2.62. The summed E-state index contributed by atoms with van der Waals surface area (Å²) in [7, 11) is 0. The van der Waals surface area contributed by atoms with Gasteiger partial charge >= 0.3 is 5.97 Å². The predicted molar refractivity (Wildman–Crippen MR) is 337 cm³/mol. The molecule has 0 heterocycles. The number of carboxylic acid groups (broad SMARTS) is 1. The molecule has 498 valence electrons. The maximum Gasteiger partial charge on any atom is 0.326 e. The van der Waals surface area contributed by atoms with Gasteiger partial charge in [-0.1, -0.05) is 123 Å². The van der Waals surface area contributed by atoms with Crippen LogP contribution in [0.15, 0.2) is 115 Å². The molecule has 4 rings (SSSR count). The first kappa shape index (κ1) is 74.7. The smallest absolute Gasteiger partial charge is 0.326 e. The molecule has 0 bridgehead atoms.